The number of hydrogen-bond donors (Lipinski definition) is 2. The van der Waals surface area contributed by atoms with Gasteiger partial charge in [-0.3, -0.25) is 9.59 Å². The van der Waals surface area contributed by atoms with Crippen molar-refractivity contribution in [2.75, 3.05) is 0 Å². The summed E-state index contributed by atoms with van der Waals surface area (Å²) in [5.41, 5.74) is 0.407. The number of H-pyrrole nitrogens is 1. The fraction of sp³-hybridized carbons (Fsp3) is 0.188. The minimum atomic E-state index is -0.446. The molecule has 128 valence electrons. The van der Waals surface area contributed by atoms with Gasteiger partial charge in [-0.1, -0.05) is 17.3 Å². The number of halogens is 1. The zero-order valence-corrected chi connectivity index (χ0v) is 13.0. The maximum Gasteiger partial charge on any atom is 0.250 e. The summed E-state index contributed by atoms with van der Waals surface area (Å²) >= 11 is 0. The smallest absolute Gasteiger partial charge is 0.250 e. The van der Waals surface area contributed by atoms with E-state index in [4.69, 9.17) is 4.52 Å². The topological polar surface area (TPSA) is 114 Å². The van der Waals surface area contributed by atoms with Crippen LogP contribution in [0.4, 0.5) is 4.39 Å². The maximum absolute atomic E-state index is 13.7. The molecule has 1 amide bonds. The van der Waals surface area contributed by atoms with Crippen LogP contribution in [0.1, 0.15) is 18.0 Å². The van der Waals surface area contributed by atoms with Crippen molar-refractivity contribution in [1.29, 1.82) is 0 Å². The van der Waals surface area contributed by atoms with E-state index in [2.05, 4.69) is 25.4 Å². The highest BCUT2D eigenvalue weighted by Gasteiger charge is 2.13. The Labute approximate surface area is 141 Å². The van der Waals surface area contributed by atoms with Crippen molar-refractivity contribution in [1.82, 2.24) is 25.4 Å². The number of nitrogens with one attached hydrogen (secondary N) is 2. The van der Waals surface area contributed by atoms with Crippen LogP contribution in [0.2, 0.25) is 0 Å². The third-order valence-corrected chi connectivity index (χ3v) is 3.35. The molecule has 3 aromatic rings. The van der Waals surface area contributed by atoms with Crippen molar-refractivity contribution in [2.45, 2.75) is 19.4 Å². The van der Waals surface area contributed by atoms with Crippen LogP contribution in [0.15, 0.2) is 46.0 Å². The number of aromatic amines is 1. The molecule has 9 heteroatoms. The lowest BCUT2D eigenvalue weighted by Gasteiger charge is -2.02. The van der Waals surface area contributed by atoms with Gasteiger partial charge in [0.1, 0.15) is 5.82 Å². The fourth-order valence-electron chi connectivity index (χ4n) is 2.11. The first-order valence-corrected chi connectivity index (χ1v) is 7.49. The Morgan fingerprint density at radius 1 is 1.32 bits per heavy atom. The Kier molecular flexibility index (Phi) is 4.93. The van der Waals surface area contributed by atoms with Crippen LogP contribution >= 0.6 is 0 Å². The van der Waals surface area contributed by atoms with E-state index in [0.29, 0.717) is 5.69 Å². The van der Waals surface area contributed by atoms with Crippen LogP contribution in [-0.2, 0) is 17.8 Å². The van der Waals surface area contributed by atoms with Crippen LogP contribution in [0.25, 0.3) is 11.4 Å². The lowest BCUT2D eigenvalue weighted by atomic mass is 10.2. The average Bonchev–Trinajstić information content (AvgIpc) is 3.07. The van der Waals surface area contributed by atoms with Gasteiger partial charge < -0.3 is 14.8 Å². The molecular formula is C16H14FN5O3. The van der Waals surface area contributed by atoms with E-state index in [1.54, 1.807) is 18.2 Å². The second kappa shape index (κ2) is 7.47. The third-order valence-electron chi connectivity index (χ3n) is 3.35. The maximum atomic E-state index is 13.7. The molecule has 0 saturated heterocycles. The van der Waals surface area contributed by atoms with Gasteiger partial charge in [0.25, 0.3) is 5.56 Å². The minimum absolute atomic E-state index is 0.113. The molecule has 0 aliphatic carbocycles. The van der Waals surface area contributed by atoms with Gasteiger partial charge in [-0.05, 0) is 12.1 Å². The number of benzene rings is 1. The summed E-state index contributed by atoms with van der Waals surface area (Å²) in [4.78, 5) is 33.4. The summed E-state index contributed by atoms with van der Waals surface area (Å²) in [5.74, 6) is -0.324. The first-order chi connectivity index (χ1) is 12.1. The largest absolute Gasteiger partial charge is 0.350 e. The molecule has 25 heavy (non-hydrogen) atoms. The van der Waals surface area contributed by atoms with Gasteiger partial charge in [-0.25, -0.2) is 9.37 Å². The molecule has 0 radical (unpaired) electrons. The second-order valence-corrected chi connectivity index (χ2v) is 5.17. The SMILES string of the molecule is O=C(CCc1nc(-c2ccccc2F)no1)NCc1cc(=O)[nH]cn1. The molecule has 0 aliphatic rings. The van der Waals surface area contributed by atoms with Crippen molar-refractivity contribution in [3.05, 3.63) is 64.4 Å². The predicted molar refractivity (Wildman–Crippen MR) is 84.7 cm³/mol. The van der Waals surface area contributed by atoms with E-state index < -0.39 is 5.82 Å². The van der Waals surface area contributed by atoms with Gasteiger partial charge in [0.05, 0.1) is 24.1 Å². The van der Waals surface area contributed by atoms with Gasteiger partial charge in [0.2, 0.25) is 17.6 Å². The van der Waals surface area contributed by atoms with Crippen LogP contribution in [0.5, 0.6) is 0 Å². The molecule has 2 heterocycles. The van der Waals surface area contributed by atoms with Crippen LogP contribution in [0.3, 0.4) is 0 Å². The lowest BCUT2D eigenvalue weighted by molar-refractivity contribution is -0.121. The normalized spacial score (nSPS) is 10.6. The highest BCUT2D eigenvalue weighted by molar-refractivity contribution is 5.75. The monoisotopic (exact) mass is 343 g/mol. The summed E-state index contributed by atoms with van der Waals surface area (Å²) in [6.07, 6.45) is 1.60. The Morgan fingerprint density at radius 2 is 2.16 bits per heavy atom. The molecule has 0 saturated carbocycles. The number of nitrogens with zero attached hydrogens (tertiary/aromatic N) is 3. The van der Waals surface area contributed by atoms with Crippen molar-refractivity contribution in [3.8, 4) is 11.4 Å². The van der Waals surface area contributed by atoms with Crippen molar-refractivity contribution >= 4 is 5.91 Å². The molecule has 0 spiro atoms. The van der Waals surface area contributed by atoms with Gasteiger partial charge in [-0.2, -0.15) is 4.98 Å². The molecule has 0 bridgehead atoms. The summed E-state index contributed by atoms with van der Waals surface area (Å²) in [7, 11) is 0. The van der Waals surface area contributed by atoms with Crippen LogP contribution < -0.4 is 10.9 Å². The molecule has 0 fully saturated rings. The first kappa shape index (κ1) is 16.5. The van der Waals surface area contributed by atoms with E-state index in [1.165, 1.54) is 18.5 Å². The van der Waals surface area contributed by atoms with Crippen molar-refractivity contribution in [2.24, 2.45) is 0 Å². The number of amides is 1. The number of hydrogen-bond acceptors (Lipinski definition) is 6. The molecule has 8 nitrogen and oxygen atoms in total. The fourth-order valence-corrected chi connectivity index (χ4v) is 2.11. The molecule has 3 rings (SSSR count). The Balaban J connectivity index is 1.53. The van der Waals surface area contributed by atoms with Gasteiger partial charge in [0, 0.05) is 18.9 Å². The molecule has 2 N–H and O–H groups in total. The molecule has 0 atom stereocenters. The molecule has 2 aromatic heterocycles. The zero-order chi connectivity index (χ0) is 17.6. The summed E-state index contributed by atoms with van der Waals surface area (Å²) in [5, 5.41) is 6.36. The molecular weight excluding hydrogens is 329 g/mol. The van der Waals surface area contributed by atoms with E-state index in [-0.39, 0.29) is 48.1 Å². The number of carbonyl (C=O) groups is 1. The highest BCUT2D eigenvalue weighted by atomic mass is 19.1. The number of aryl methyl sites for hydroxylation is 1. The quantitative estimate of drug-likeness (QED) is 0.695. The van der Waals surface area contributed by atoms with E-state index >= 15 is 0 Å². The number of aromatic nitrogens is 4. The molecule has 1 aromatic carbocycles. The summed E-state index contributed by atoms with van der Waals surface area (Å²) in [6.45, 7) is 0.146. The van der Waals surface area contributed by atoms with E-state index in [0.717, 1.165) is 0 Å². The standard InChI is InChI=1S/C16H14FN5O3/c17-12-4-2-1-3-11(12)16-21-15(25-22-16)6-5-13(23)18-8-10-7-14(24)20-9-19-10/h1-4,7,9H,5-6,8H2,(H,18,23)(H,19,20,24). The Bertz CT molecular complexity index is 937. The number of carbonyl (C=O) groups excluding carboxylic acids is 1. The van der Waals surface area contributed by atoms with Crippen molar-refractivity contribution in [3.63, 3.8) is 0 Å². The van der Waals surface area contributed by atoms with Crippen LogP contribution in [-0.4, -0.2) is 26.0 Å². The average molecular weight is 343 g/mol. The third kappa shape index (κ3) is 4.34. The minimum Gasteiger partial charge on any atom is -0.350 e. The predicted octanol–water partition coefficient (Wildman–Crippen LogP) is 1.21. The molecule has 0 unspecified atom stereocenters. The van der Waals surface area contributed by atoms with E-state index in [1.807, 2.05) is 0 Å². The van der Waals surface area contributed by atoms with Gasteiger partial charge in [-0.15, -0.1) is 0 Å². The Hall–Kier alpha value is -3.36. The van der Waals surface area contributed by atoms with Gasteiger partial charge in [0.15, 0.2) is 0 Å². The van der Waals surface area contributed by atoms with E-state index in [9.17, 15) is 14.0 Å². The number of rotatable bonds is 6. The molecule has 0 aliphatic heterocycles. The highest BCUT2D eigenvalue weighted by Crippen LogP contribution is 2.19. The zero-order valence-electron chi connectivity index (χ0n) is 13.0. The van der Waals surface area contributed by atoms with Gasteiger partial charge >= 0.3 is 0 Å². The van der Waals surface area contributed by atoms with Crippen molar-refractivity contribution < 1.29 is 13.7 Å². The van der Waals surface area contributed by atoms with Crippen LogP contribution in [0, 0.1) is 5.82 Å². The lowest BCUT2D eigenvalue weighted by Crippen LogP contribution is -2.24. The summed E-state index contributed by atoms with van der Waals surface area (Å²) in [6, 6.07) is 7.40. The second-order valence-electron chi connectivity index (χ2n) is 5.17. The first-order valence-electron chi connectivity index (χ1n) is 7.49. The summed E-state index contributed by atoms with van der Waals surface area (Å²) < 4.78 is 18.7. The Morgan fingerprint density at radius 3 is 2.96 bits per heavy atom.